The van der Waals surface area contributed by atoms with Crippen LogP contribution in [-0.2, 0) is 16.1 Å². The van der Waals surface area contributed by atoms with Crippen molar-refractivity contribution in [3.05, 3.63) is 65.5 Å². The number of carbonyl (C=O) groups is 2. The van der Waals surface area contributed by atoms with Gasteiger partial charge in [0.15, 0.2) is 6.61 Å². The lowest BCUT2D eigenvalue weighted by molar-refractivity contribution is -0.143. The van der Waals surface area contributed by atoms with Gasteiger partial charge in [-0.3, -0.25) is 9.59 Å². The lowest BCUT2D eigenvalue weighted by Gasteiger charge is -2.31. The van der Waals surface area contributed by atoms with Crippen LogP contribution in [0.2, 0.25) is 0 Å². The SMILES string of the molecule is CC[C@@H](C(=O)NC1CCCC1)N(Cc1ccccc1C)C(=O)COc1ccc(F)cc1. The van der Waals surface area contributed by atoms with E-state index in [1.807, 2.05) is 38.1 Å². The minimum absolute atomic E-state index is 0.113. The first-order chi connectivity index (χ1) is 15.0. The molecule has 1 saturated carbocycles. The summed E-state index contributed by atoms with van der Waals surface area (Å²) in [5.74, 6) is -0.345. The summed E-state index contributed by atoms with van der Waals surface area (Å²) in [7, 11) is 0. The van der Waals surface area contributed by atoms with Gasteiger partial charge in [0.05, 0.1) is 0 Å². The van der Waals surface area contributed by atoms with Crippen molar-refractivity contribution < 1.29 is 18.7 Å². The van der Waals surface area contributed by atoms with Gasteiger partial charge in [0.1, 0.15) is 17.6 Å². The number of amides is 2. The van der Waals surface area contributed by atoms with Crippen molar-refractivity contribution in [2.24, 2.45) is 0 Å². The number of aryl methyl sites for hydroxylation is 1. The van der Waals surface area contributed by atoms with Crippen LogP contribution < -0.4 is 10.1 Å². The summed E-state index contributed by atoms with van der Waals surface area (Å²) in [4.78, 5) is 27.9. The molecule has 1 aliphatic carbocycles. The molecule has 5 nitrogen and oxygen atoms in total. The third-order valence-electron chi connectivity index (χ3n) is 5.87. The summed E-state index contributed by atoms with van der Waals surface area (Å²) in [5.41, 5.74) is 2.05. The van der Waals surface area contributed by atoms with Crippen molar-refractivity contribution >= 4 is 11.8 Å². The van der Waals surface area contributed by atoms with Gasteiger partial charge >= 0.3 is 0 Å². The highest BCUT2D eigenvalue weighted by Gasteiger charge is 2.31. The summed E-state index contributed by atoms with van der Waals surface area (Å²) in [6.45, 7) is 4.02. The van der Waals surface area contributed by atoms with Gasteiger partial charge in [-0.25, -0.2) is 4.39 Å². The summed E-state index contributed by atoms with van der Waals surface area (Å²) in [6.07, 6.45) is 4.73. The van der Waals surface area contributed by atoms with Gasteiger partial charge in [0.25, 0.3) is 5.91 Å². The van der Waals surface area contributed by atoms with Crippen LogP contribution in [0.15, 0.2) is 48.5 Å². The minimum Gasteiger partial charge on any atom is -0.484 e. The van der Waals surface area contributed by atoms with E-state index in [1.165, 1.54) is 24.3 Å². The molecule has 2 aromatic rings. The van der Waals surface area contributed by atoms with E-state index in [2.05, 4.69) is 5.32 Å². The third kappa shape index (κ3) is 6.29. The van der Waals surface area contributed by atoms with E-state index >= 15 is 0 Å². The Balaban J connectivity index is 1.76. The van der Waals surface area contributed by atoms with Crippen molar-refractivity contribution in [3.8, 4) is 5.75 Å². The molecule has 0 heterocycles. The maximum atomic E-state index is 13.2. The molecule has 6 heteroatoms. The fourth-order valence-corrected chi connectivity index (χ4v) is 4.02. The number of halogens is 1. The molecule has 31 heavy (non-hydrogen) atoms. The largest absolute Gasteiger partial charge is 0.484 e. The van der Waals surface area contributed by atoms with E-state index in [9.17, 15) is 14.0 Å². The second-order valence-corrected chi connectivity index (χ2v) is 8.10. The van der Waals surface area contributed by atoms with E-state index in [4.69, 9.17) is 4.74 Å². The average Bonchev–Trinajstić information content (AvgIpc) is 3.27. The second-order valence-electron chi connectivity index (χ2n) is 8.10. The zero-order chi connectivity index (χ0) is 22.2. The summed E-state index contributed by atoms with van der Waals surface area (Å²) >= 11 is 0. The number of nitrogens with zero attached hydrogens (tertiary/aromatic N) is 1. The Morgan fingerprint density at radius 3 is 2.45 bits per heavy atom. The highest BCUT2D eigenvalue weighted by atomic mass is 19.1. The Labute approximate surface area is 183 Å². The fraction of sp³-hybridized carbons (Fsp3) is 0.440. The molecule has 0 spiro atoms. The molecular formula is C25H31FN2O3. The van der Waals surface area contributed by atoms with Crippen LogP contribution in [0.1, 0.15) is 50.2 Å². The highest BCUT2D eigenvalue weighted by Crippen LogP contribution is 2.20. The van der Waals surface area contributed by atoms with Crippen LogP contribution in [0, 0.1) is 12.7 Å². The Morgan fingerprint density at radius 1 is 1.13 bits per heavy atom. The molecule has 0 unspecified atom stereocenters. The topological polar surface area (TPSA) is 58.6 Å². The van der Waals surface area contributed by atoms with E-state index < -0.39 is 6.04 Å². The molecule has 166 valence electrons. The van der Waals surface area contributed by atoms with Crippen molar-refractivity contribution in [3.63, 3.8) is 0 Å². The number of rotatable bonds is 9. The smallest absolute Gasteiger partial charge is 0.261 e. The van der Waals surface area contributed by atoms with E-state index in [-0.39, 0.29) is 30.3 Å². The summed E-state index contributed by atoms with van der Waals surface area (Å²) in [5, 5.41) is 3.13. The lowest BCUT2D eigenvalue weighted by atomic mass is 10.1. The molecule has 1 aliphatic rings. The standard InChI is InChI=1S/C25H31FN2O3/c1-3-23(25(30)27-21-10-6-7-11-21)28(16-19-9-5-4-8-18(19)2)24(29)17-31-22-14-12-20(26)13-15-22/h4-5,8-9,12-15,21,23H,3,6-7,10-11,16-17H2,1-2H3,(H,27,30)/t23-/m0/s1. The van der Waals surface area contributed by atoms with Gasteiger partial charge in [-0.1, -0.05) is 44.0 Å². The van der Waals surface area contributed by atoms with Gasteiger partial charge in [0.2, 0.25) is 5.91 Å². The molecule has 1 N–H and O–H groups in total. The van der Waals surface area contributed by atoms with Crippen LogP contribution in [-0.4, -0.2) is 35.4 Å². The number of ether oxygens (including phenoxy) is 1. The molecule has 0 saturated heterocycles. The predicted octanol–water partition coefficient (Wildman–Crippen LogP) is 4.38. The monoisotopic (exact) mass is 426 g/mol. The number of benzene rings is 2. The minimum atomic E-state index is -0.579. The predicted molar refractivity (Wildman–Crippen MR) is 118 cm³/mol. The quantitative estimate of drug-likeness (QED) is 0.647. The Morgan fingerprint density at radius 2 is 1.81 bits per heavy atom. The highest BCUT2D eigenvalue weighted by molar-refractivity contribution is 5.88. The lowest BCUT2D eigenvalue weighted by Crippen LogP contribution is -2.52. The number of nitrogens with one attached hydrogen (secondary N) is 1. The molecule has 0 radical (unpaired) electrons. The Kier molecular flexibility index (Phi) is 8.04. The van der Waals surface area contributed by atoms with Crippen LogP contribution in [0.25, 0.3) is 0 Å². The first-order valence-corrected chi connectivity index (χ1v) is 11.0. The molecule has 2 amide bonds. The van der Waals surface area contributed by atoms with Crippen molar-refractivity contribution in [1.82, 2.24) is 10.2 Å². The van der Waals surface area contributed by atoms with Gasteiger partial charge < -0.3 is 15.0 Å². The molecule has 3 rings (SSSR count). The zero-order valence-electron chi connectivity index (χ0n) is 18.3. The van der Waals surface area contributed by atoms with Crippen LogP contribution in [0.3, 0.4) is 0 Å². The maximum Gasteiger partial charge on any atom is 0.261 e. The molecule has 1 atom stereocenters. The van der Waals surface area contributed by atoms with Gasteiger partial charge in [-0.05, 0) is 61.6 Å². The molecule has 2 aromatic carbocycles. The normalized spacial score (nSPS) is 14.8. The second kappa shape index (κ2) is 10.9. The Hall–Kier alpha value is -2.89. The van der Waals surface area contributed by atoms with E-state index in [0.717, 1.165) is 36.8 Å². The van der Waals surface area contributed by atoms with Crippen molar-refractivity contribution in [2.75, 3.05) is 6.61 Å². The van der Waals surface area contributed by atoms with Gasteiger partial charge in [-0.2, -0.15) is 0 Å². The van der Waals surface area contributed by atoms with E-state index in [0.29, 0.717) is 18.7 Å². The van der Waals surface area contributed by atoms with Gasteiger partial charge in [-0.15, -0.1) is 0 Å². The third-order valence-corrected chi connectivity index (χ3v) is 5.87. The van der Waals surface area contributed by atoms with Crippen molar-refractivity contribution in [1.29, 1.82) is 0 Å². The molecule has 1 fully saturated rings. The fourth-order valence-electron chi connectivity index (χ4n) is 4.02. The van der Waals surface area contributed by atoms with Crippen molar-refractivity contribution in [2.45, 2.75) is 64.6 Å². The van der Waals surface area contributed by atoms with Crippen LogP contribution in [0.4, 0.5) is 4.39 Å². The molecule has 0 aromatic heterocycles. The first kappa shape index (κ1) is 22.8. The zero-order valence-corrected chi connectivity index (χ0v) is 18.3. The average molecular weight is 427 g/mol. The summed E-state index contributed by atoms with van der Waals surface area (Å²) < 4.78 is 18.7. The number of carbonyl (C=O) groups excluding carboxylic acids is 2. The molecule has 0 aliphatic heterocycles. The van der Waals surface area contributed by atoms with Crippen LogP contribution in [0.5, 0.6) is 5.75 Å². The summed E-state index contributed by atoms with van der Waals surface area (Å²) in [6, 6.07) is 13.0. The molecule has 0 bridgehead atoms. The van der Waals surface area contributed by atoms with Crippen LogP contribution >= 0.6 is 0 Å². The van der Waals surface area contributed by atoms with E-state index in [1.54, 1.807) is 4.90 Å². The molecular weight excluding hydrogens is 395 g/mol. The van der Waals surface area contributed by atoms with Gasteiger partial charge in [0, 0.05) is 12.6 Å². The Bertz CT molecular complexity index is 879. The maximum absolute atomic E-state index is 13.2. The number of hydrogen-bond donors (Lipinski definition) is 1. The first-order valence-electron chi connectivity index (χ1n) is 11.0. The number of hydrogen-bond acceptors (Lipinski definition) is 3.